The van der Waals surface area contributed by atoms with Crippen LogP contribution < -0.4 is 4.74 Å². The van der Waals surface area contributed by atoms with Gasteiger partial charge in [0.25, 0.3) is 0 Å². The van der Waals surface area contributed by atoms with Crippen molar-refractivity contribution in [3.05, 3.63) is 137 Å². The third-order valence-electron chi connectivity index (χ3n) is 6.75. The first-order chi connectivity index (χ1) is 19.7. The molecule has 3 aromatic carbocycles. The van der Waals surface area contributed by atoms with E-state index in [0.29, 0.717) is 6.61 Å². The molecule has 0 radical (unpaired) electrons. The van der Waals surface area contributed by atoms with Gasteiger partial charge in [0.15, 0.2) is 0 Å². The lowest BCUT2D eigenvalue weighted by atomic mass is 9.94. The van der Waals surface area contributed by atoms with Crippen molar-refractivity contribution in [3.8, 4) is 5.75 Å². The van der Waals surface area contributed by atoms with E-state index in [9.17, 15) is 0 Å². The molecule has 0 bridgehead atoms. The van der Waals surface area contributed by atoms with E-state index >= 15 is 0 Å². The van der Waals surface area contributed by atoms with Crippen LogP contribution in [0.4, 0.5) is 0 Å². The van der Waals surface area contributed by atoms with E-state index in [0.717, 1.165) is 36.1 Å². The van der Waals surface area contributed by atoms with E-state index < -0.39 is 5.60 Å². The molecule has 0 amide bonds. The smallest absolute Gasteiger partial charge is 0.127 e. The van der Waals surface area contributed by atoms with Crippen molar-refractivity contribution in [2.24, 2.45) is 0 Å². The molecule has 212 valence electrons. The predicted octanol–water partition coefficient (Wildman–Crippen LogP) is 10.4. The van der Waals surface area contributed by atoms with E-state index in [1.807, 2.05) is 12.1 Å². The van der Waals surface area contributed by atoms with E-state index in [2.05, 4.69) is 150 Å². The molecule has 0 heterocycles. The van der Waals surface area contributed by atoms with Gasteiger partial charge in [0, 0.05) is 5.56 Å². The lowest BCUT2D eigenvalue weighted by Gasteiger charge is -2.31. The summed E-state index contributed by atoms with van der Waals surface area (Å²) in [7, 11) is 0. The van der Waals surface area contributed by atoms with Crippen LogP contribution in [-0.4, -0.2) is 17.8 Å². The molecule has 0 saturated carbocycles. The lowest BCUT2D eigenvalue weighted by Crippen LogP contribution is -2.38. The summed E-state index contributed by atoms with van der Waals surface area (Å²) >= 11 is 0. The molecule has 1 aliphatic rings. The van der Waals surface area contributed by atoms with Crippen LogP contribution in [0.15, 0.2) is 109 Å². The van der Waals surface area contributed by atoms with Gasteiger partial charge < -0.3 is 9.47 Å². The minimum atomic E-state index is -0.505. The molecule has 2 heteroatoms. The number of hydrogen-bond acceptors (Lipinski definition) is 2. The summed E-state index contributed by atoms with van der Waals surface area (Å²) in [4.78, 5) is 0. The zero-order valence-corrected chi connectivity index (χ0v) is 25.3. The number of allylic oxidation sites excluding steroid dienone is 6. The Morgan fingerprint density at radius 3 is 1.98 bits per heavy atom. The molecular weight excluding hydrogens is 500 g/mol. The zero-order chi connectivity index (χ0) is 29.1. The van der Waals surface area contributed by atoms with Crippen LogP contribution in [0, 0.1) is 0 Å². The van der Waals surface area contributed by atoms with Crippen molar-refractivity contribution in [3.63, 3.8) is 0 Å². The molecule has 0 aliphatic heterocycles. The van der Waals surface area contributed by atoms with Crippen molar-refractivity contribution < 1.29 is 9.47 Å². The van der Waals surface area contributed by atoms with Gasteiger partial charge in [-0.1, -0.05) is 121 Å². The Morgan fingerprint density at radius 1 is 0.707 bits per heavy atom. The normalized spacial score (nSPS) is 14.3. The maximum atomic E-state index is 6.72. The van der Waals surface area contributed by atoms with E-state index in [4.69, 9.17) is 9.47 Å². The topological polar surface area (TPSA) is 18.5 Å². The van der Waals surface area contributed by atoms with Crippen LogP contribution in [0.2, 0.25) is 0 Å². The number of rotatable bonds is 11. The first-order valence-corrected chi connectivity index (χ1v) is 14.7. The summed E-state index contributed by atoms with van der Waals surface area (Å²) in [5.41, 5.74) is 6.35. The van der Waals surface area contributed by atoms with E-state index in [-0.39, 0.29) is 5.60 Å². The maximum Gasteiger partial charge on any atom is 0.127 e. The number of ether oxygens (including phenoxy) is 2. The Labute approximate surface area is 247 Å². The number of hydrogen-bond donors (Lipinski definition) is 0. The molecule has 0 saturated heterocycles. The minimum Gasteiger partial charge on any atom is -0.485 e. The first-order valence-electron chi connectivity index (χ1n) is 14.7. The van der Waals surface area contributed by atoms with Crippen molar-refractivity contribution >= 4 is 24.3 Å². The van der Waals surface area contributed by atoms with Gasteiger partial charge in [-0.05, 0) is 87.8 Å². The Bertz CT molecular complexity index is 1410. The summed E-state index contributed by atoms with van der Waals surface area (Å²) in [6, 6.07) is 25.2. The molecular formula is C39H44O2. The van der Waals surface area contributed by atoms with Crippen molar-refractivity contribution in [1.82, 2.24) is 0 Å². The van der Waals surface area contributed by atoms with E-state index in [1.165, 1.54) is 22.3 Å². The van der Waals surface area contributed by atoms with Crippen molar-refractivity contribution in [2.75, 3.05) is 6.61 Å². The molecule has 0 spiro atoms. The predicted molar refractivity (Wildman–Crippen MR) is 177 cm³/mol. The molecule has 2 nitrogen and oxygen atoms in total. The van der Waals surface area contributed by atoms with Crippen LogP contribution in [0.5, 0.6) is 5.75 Å². The maximum absolute atomic E-state index is 6.72. The van der Waals surface area contributed by atoms with Crippen LogP contribution in [-0.2, 0) is 11.2 Å². The summed E-state index contributed by atoms with van der Waals surface area (Å²) < 4.78 is 12.9. The second-order valence-corrected chi connectivity index (χ2v) is 12.1. The third-order valence-corrected chi connectivity index (χ3v) is 6.75. The van der Waals surface area contributed by atoms with Gasteiger partial charge in [-0.15, -0.1) is 0 Å². The van der Waals surface area contributed by atoms with Crippen molar-refractivity contribution in [1.29, 1.82) is 0 Å². The Kier molecular flexibility index (Phi) is 10.4. The highest BCUT2D eigenvalue weighted by atomic mass is 16.6. The fourth-order valence-corrected chi connectivity index (χ4v) is 4.60. The quantitative estimate of drug-likeness (QED) is 0.224. The average molecular weight is 545 g/mol. The number of benzene rings is 3. The molecule has 0 N–H and O–H groups in total. The molecule has 0 aromatic heterocycles. The van der Waals surface area contributed by atoms with Gasteiger partial charge >= 0.3 is 0 Å². The second kappa shape index (κ2) is 14.1. The van der Waals surface area contributed by atoms with Gasteiger partial charge in [-0.3, -0.25) is 0 Å². The van der Waals surface area contributed by atoms with Gasteiger partial charge in [-0.2, -0.15) is 0 Å². The van der Waals surface area contributed by atoms with Gasteiger partial charge in [0.1, 0.15) is 11.4 Å². The molecule has 1 aliphatic carbocycles. The largest absolute Gasteiger partial charge is 0.485 e. The Balaban J connectivity index is 1.77. The summed E-state index contributed by atoms with van der Waals surface area (Å²) in [6.07, 6.45) is 23.0. The summed E-state index contributed by atoms with van der Waals surface area (Å²) in [5.74, 6) is 0.858. The fraction of sp³-hybridized carbons (Fsp3) is 0.282. The molecule has 0 fully saturated rings. The van der Waals surface area contributed by atoms with Crippen LogP contribution in [0.25, 0.3) is 24.3 Å². The van der Waals surface area contributed by atoms with Crippen LogP contribution >= 0.6 is 0 Å². The summed E-state index contributed by atoms with van der Waals surface area (Å²) in [5, 5.41) is 0. The van der Waals surface area contributed by atoms with Crippen LogP contribution in [0.3, 0.4) is 0 Å². The van der Waals surface area contributed by atoms with E-state index in [1.54, 1.807) is 0 Å². The molecule has 4 rings (SSSR count). The first kappa shape index (κ1) is 30.1. The fourth-order valence-electron chi connectivity index (χ4n) is 4.60. The SMILES string of the molecule is CC(C)(C)OCC(C)(C)Oc1ccc(/C=C/c2ccccc2)c(C/C=C/C2=CCCC=C2)c1/C=C/c1ccccc1. The highest BCUT2D eigenvalue weighted by molar-refractivity contribution is 5.80. The lowest BCUT2D eigenvalue weighted by molar-refractivity contribution is -0.0723. The highest BCUT2D eigenvalue weighted by Crippen LogP contribution is 2.33. The van der Waals surface area contributed by atoms with Crippen molar-refractivity contribution in [2.45, 2.75) is 65.1 Å². The average Bonchev–Trinajstić information content (AvgIpc) is 2.96. The molecule has 41 heavy (non-hydrogen) atoms. The Hall–Kier alpha value is -3.88. The van der Waals surface area contributed by atoms with Gasteiger partial charge in [-0.25, -0.2) is 0 Å². The Morgan fingerprint density at radius 2 is 1.37 bits per heavy atom. The van der Waals surface area contributed by atoms with Gasteiger partial charge in [0.2, 0.25) is 0 Å². The van der Waals surface area contributed by atoms with Crippen LogP contribution in [0.1, 0.15) is 75.3 Å². The standard InChI is InChI=1S/C39H44O2/c1-38(2,3)40-30-39(4,5)41-37-29-27-34(26-24-32-18-11-7-12-19-32)35(23-15-22-31-16-9-6-10-17-31)36(37)28-25-33-20-13-8-14-21-33/h7-9,11-22,24-29H,6,10,23,30H2,1-5H3/b22-15+,26-24+,28-25+. The second-order valence-electron chi connectivity index (χ2n) is 12.1. The molecule has 3 aromatic rings. The highest BCUT2D eigenvalue weighted by Gasteiger charge is 2.25. The third kappa shape index (κ3) is 9.92. The minimum absolute atomic E-state index is 0.235. The monoisotopic (exact) mass is 544 g/mol. The summed E-state index contributed by atoms with van der Waals surface area (Å²) in [6.45, 7) is 10.9. The van der Waals surface area contributed by atoms with Gasteiger partial charge in [0.05, 0.1) is 12.2 Å². The molecule has 0 atom stereocenters. The molecule has 0 unspecified atom stereocenters. The zero-order valence-electron chi connectivity index (χ0n) is 25.3.